The Hall–Kier alpha value is -2.66. The maximum absolute atomic E-state index is 13.3. The molecule has 1 atom stereocenters. The van der Waals surface area contributed by atoms with Gasteiger partial charge in [0.1, 0.15) is 11.3 Å². The summed E-state index contributed by atoms with van der Waals surface area (Å²) >= 11 is 0. The zero-order valence-electron chi connectivity index (χ0n) is 17.2. The van der Waals surface area contributed by atoms with E-state index in [2.05, 4.69) is 34.0 Å². The number of hydrazone groups is 1. The second kappa shape index (κ2) is 7.99. The Balaban J connectivity index is 1.55. The molecule has 1 saturated carbocycles. The van der Waals surface area contributed by atoms with Gasteiger partial charge in [0.2, 0.25) is 0 Å². The summed E-state index contributed by atoms with van der Waals surface area (Å²) in [5.41, 5.74) is 5.18. The number of methoxy groups -OCH3 is 1. The molecule has 1 fully saturated rings. The first-order valence-electron chi connectivity index (χ1n) is 10.4. The van der Waals surface area contributed by atoms with Gasteiger partial charge in [-0.05, 0) is 67.1 Å². The largest absolute Gasteiger partial charge is 0.497 e. The summed E-state index contributed by atoms with van der Waals surface area (Å²) in [5, 5.41) is 7.98. The zero-order valence-corrected chi connectivity index (χ0v) is 17.2. The monoisotopic (exact) mass is 391 g/mol. The minimum absolute atomic E-state index is 0.00160. The fourth-order valence-electron chi connectivity index (χ4n) is 4.85. The van der Waals surface area contributed by atoms with Gasteiger partial charge in [-0.3, -0.25) is 10.1 Å². The molecule has 1 amide bonds. The van der Waals surface area contributed by atoms with Crippen molar-refractivity contribution >= 4 is 12.1 Å². The number of nitrogens with one attached hydrogen (secondary N) is 2. The molecule has 152 valence electrons. The number of hydrogen-bond acceptors (Lipinski definition) is 4. The Kier molecular flexibility index (Phi) is 5.41. The average Bonchev–Trinajstić information content (AvgIpc) is 2.74. The van der Waals surface area contributed by atoms with Gasteiger partial charge >= 0.3 is 0 Å². The molecule has 5 nitrogen and oxygen atoms in total. The van der Waals surface area contributed by atoms with Crippen molar-refractivity contribution in [1.29, 1.82) is 0 Å². The van der Waals surface area contributed by atoms with Crippen LogP contribution in [0.2, 0.25) is 0 Å². The fraction of sp³-hybridized carbons (Fsp3) is 0.417. The first-order valence-corrected chi connectivity index (χ1v) is 10.4. The lowest BCUT2D eigenvalue weighted by Crippen LogP contribution is -2.65. The minimum atomic E-state index is -0.802. The second-order valence-corrected chi connectivity index (χ2v) is 8.40. The predicted octanol–water partition coefficient (Wildman–Crippen LogP) is 3.91. The second-order valence-electron chi connectivity index (χ2n) is 8.40. The number of fused-ring (bicyclic) bond motifs is 1. The van der Waals surface area contributed by atoms with Crippen LogP contribution in [0.1, 0.15) is 55.7 Å². The van der Waals surface area contributed by atoms with Crippen molar-refractivity contribution in [3.63, 3.8) is 0 Å². The molecule has 0 bridgehead atoms. The molecule has 4 rings (SSSR count). The normalized spacial score (nSPS) is 23.0. The number of amides is 1. The summed E-state index contributed by atoms with van der Waals surface area (Å²) in [5.74, 6) is 0.666. The van der Waals surface area contributed by atoms with Crippen LogP contribution in [0.3, 0.4) is 0 Å². The molecule has 1 aliphatic carbocycles. The van der Waals surface area contributed by atoms with Crippen LogP contribution in [-0.2, 0) is 16.8 Å². The molecule has 2 aromatic carbocycles. The number of ether oxygens (including phenoxy) is 1. The Morgan fingerprint density at radius 3 is 2.55 bits per heavy atom. The highest BCUT2D eigenvalue weighted by Crippen LogP contribution is 2.41. The van der Waals surface area contributed by atoms with Crippen LogP contribution in [-0.4, -0.2) is 24.8 Å². The lowest BCUT2D eigenvalue weighted by Gasteiger charge is -2.49. The van der Waals surface area contributed by atoms with Crippen LogP contribution in [0.4, 0.5) is 0 Å². The molecule has 0 saturated heterocycles. The average molecular weight is 392 g/mol. The van der Waals surface area contributed by atoms with Crippen molar-refractivity contribution in [2.75, 3.05) is 7.11 Å². The molecule has 1 heterocycles. The Bertz CT molecular complexity index is 901. The molecule has 0 aromatic heterocycles. The van der Waals surface area contributed by atoms with E-state index in [-0.39, 0.29) is 11.4 Å². The number of rotatable bonds is 4. The van der Waals surface area contributed by atoms with Crippen LogP contribution in [0.25, 0.3) is 0 Å². The first-order chi connectivity index (χ1) is 14.0. The van der Waals surface area contributed by atoms with Crippen molar-refractivity contribution in [1.82, 2.24) is 10.7 Å². The van der Waals surface area contributed by atoms with Gasteiger partial charge in [-0.25, -0.2) is 5.43 Å². The van der Waals surface area contributed by atoms with E-state index in [9.17, 15) is 4.79 Å². The summed E-state index contributed by atoms with van der Waals surface area (Å²) in [7, 11) is 1.64. The number of nitrogens with zero attached hydrogens (tertiary/aromatic N) is 1. The first kappa shape index (κ1) is 19.6. The fourth-order valence-corrected chi connectivity index (χ4v) is 4.85. The van der Waals surface area contributed by atoms with Crippen LogP contribution in [0, 0.1) is 0 Å². The van der Waals surface area contributed by atoms with Gasteiger partial charge in [0, 0.05) is 5.54 Å². The van der Waals surface area contributed by atoms with Gasteiger partial charge in [-0.1, -0.05) is 43.5 Å². The van der Waals surface area contributed by atoms with E-state index in [1.54, 1.807) is 13.3 Å². The van der Waals surface area contributed by atoms with Gasteiger partial charge in [-0.2, -0.15) is 5.10 Å². The van der Waals surface area contributed by atoms with Crippen molar-refractivity contribution in [3.8, 4) is 5.75 Å². The zero-order chi connectivity index (χ0) is 20.3. The summed E-state index contributed by atoms with van der Waals surface area (Å²) in [6.45, 7) is 1.99. The molecule has 1 aliphatic heterocycles. The molecule has 5 heteroatoms. The third kappa shape index (κ3) is 3.92. The number of carbonyl (C=O) groups excluding carboxylic acids is 1. The molecule has 29 heavy (non-hydrogen) atoms. The Morgan fingerprint density at radius 1 is 1.10 bits per heavy atom. The van der Waals surface area contributed by atoms with E-state index in [0.717, 1.165) is 36.1 Å². The molecule has 2 N–H and O–H groups in total. The number of hydrogen-bond donors (Lipinski definition) is 2. The van der Waals surface area contributed by atoms with E-state index in [0.29, 0.717) is 0 Å². The van der Waals surface area contributed by atoms with Crippen LogP contribution in [0.5, 0.6) is 5.75 Å². The standard InChI is InChI=1S/C24H29N3O2/c1-23(22(28)26-25-17-18-10-12-20(29-2)13-11-18)21-9-5-4-8-19(21)16-24(27-23)14-6-3-7-15-24/h4-5,8-13,17,27H,3,6-7,14-16H2,1-2H3,(H,26,28)/b25-17-/t23-/m1/s1. The number of benzene rings is 2. The van der Waals surface area contributed by atoms with E-state index in [4.69, 9.17) is 4.74 Å². The molecule has 0 unspecified atom stereocenters. The summed E-state index contributed by atoms with van der Waals surface area (Å²) < 4.78 is 5.17. The molecular formula is C24H29N3O2. The minimum Gasteiger partial charge on any atom is -0.497 e. The van der Waals surface area contributed by atoms with Crippen LogP contribution in [0.15, 0.2) is 53.6 Å². The quantitative estimate of drug-likeness (QED) is 0.614. The highest BCUT2D eigenvalue weighted by atomic mass is 16.5. The highest BCUT2D eigenvalue weighted by Gasteiger charge is 2.48. The lowest BCUT2D eigenvalue weighted by molar-refractivity contribution is -0.129. The van der Waals surface area contributed by atoms with Crippen molar-refractivity contribution < 1.29 is 9.53 Å². The van der Waals surface area contributed by atoms with Gasteiger partial charge in [0.25, 0.3) is 5.91 Å². The van der Waals surface area contributed by atoms with Crippen molar-refractivity contribution in [2.24, 2.45) is 5.10 Å². The Morgan fingerprint density at radius 2 is 1.83 bits per heavy atom. The topological polar surface area (TPSA) is 62.7 Å². The maximum Gasteiger partial charge on any atom is 0.264 e. The van der Waals surface area contributed by atoms with Gasteiger partial charge in [0.15, 0.2) is 0 Å². The maximum atomic E-state index is 13.3. The molecule has 0 radical (unpaired) electrons. The van der Waals surface area contributed by atoms with E-state index >= 15 is 0 Å². The van der Waals surface area contributed by atoms with Gasteiger partial charge in [-0.15, -0.1) is 0 Å². The van der Waals surface area contributed by atoms with Crippen molar-refractivity contribution in [3.05, 3.63) is 65.2 Å². The van der Waals surface area contributed by atoms with Crippen molar-refractivity contribution in [2.45, 2.75) is 56.5 Å². The smallest absolute Gasteiger partial charge is 0.264 e. The molecular weight excluding hydrogens is 362 g/mol. The van der Waals surface area contributed by atoms with Crippen LogP contribution >= 0.6 is 0 Å². The summed E-state index contributed by atoms with van der Waals surface area (Å²) in [6, 6.07) is 15.9. The van der Waals surface area contributed by atoms with E-state index in [1.165, 1.54) is 24.8 Å². The molecule has 2 aromatic rings. The third-order valence-electron chi connectivity index (χ3n) is 6.36. The van der Waals surface area contributed by atoms with Gasteiger partial charge in [0.05, 0.1) is 13.3 Å². The van der Waals surface area contributed by atoms with E-state index in [1.807, 2.05) is 37.3 Å². The van der Waals surface area contributed by atoms with Gasteiger partial charge < -0.3 is 4.74 Å². The predicted molar refractivity (Wildman–Crippen MR) is 115 cm³/mol. The molecule has 1 spiro atoms. The SMILES string of the molecule is COc1ccc(/C=N\NC(=O)[C@]2(C)NC3(CCCCC3)Cc3ccccc32)cc1. The summed E-state index contributed by atoms with van der Waals surface area (Å²) in [6.07, 6.45) is 8.57. The lowest BCUT2D eigenvalue weighted by atomic mass is 9.69. The summed E-state index contributed by atoms with van der Waals surface area (Å²) in [4.78, 5) is 13.3. The Labute approximate surface area is 172 Å². The van der Waals surface area contributed by atoms with E-state index < -0.39 is 5.54 Å². The van der Waals surface area contributed by atoms with Crippen LogP contribution < -0.4 is 15.5 Å². The highest BCUT2D eigenvalue weighted by molar-refractivity contribution is 5.89. The number of carbonyl (C=O) groups is 1. The molecule has 2 aliphatic rings. The third-order valence-corrected chi connectivity index (χ3v) is 6.36.